The van der Waals surface area contributed by atoms with Crippen LogP contribution in [-0.4, -0.2) is 41.7 Å². The molecule has 1 heterocycles. The number of rotatable bonds is 6. The molecule has 4 atom stereocenters. The van der Waals surface area contributed by atoms with Crippen molar-refractivity contribution in [3.8, 4) is 0 Å². The van der Waals surface area contributed by atoms with Gasteiger partial charge in [0.25, 0.3) is 5.91 Å². The lowest BCUT2D eigenvalue weighted by Gasteiger charge is -2.19. The summed E-state index contributed by atoms with van der Waals surface area (Å²) in [5.41, 5.74) is 0.408. The van der Waals surface area contributed by atoms with E-state index in [0.717, 1.165) is 23.7 Å². The van der Waals surface area contributed by atoms with Crippen LogP contribution in [0, 0.1) is 23.7 Å². The third kappa shape index (κ3) is 3.92. The van der Waals surface area contributed by atoms with E-state index in [1.807, 2.05) is 0 Å². The Morgan fingerprint density at radius 3 is 2.45 bits per heavy atom. The van der Waals surface area contributed by atoms with Crippen LogP contribution in [0.4, 0.5) is 5.69 Å². The molecule has 0 unspecified atom stereocenters. The second-order valence-electron chi connectivity index (χ2n) is 7.80. The first-order chi connectivity index (χ1) is 13.8. The maximum Gasteiger partial charge on any atom is 0.308 e. The predicted octanol–water partition coefficient (Wildman–Crippen LogP) is 3.01. The molecule has 0 spiro atoms. The summed E-state index contributed by atoms with van der Waals surface area (Å²) in [5.74, 6) is -1.23. The Kier molecular flexibility index (Phi) is 5.66. The minimum absolute atomic E-state index is 0.00307. The van der Waals surface area contributed by atoms with Crippen molar-refractivity contribution in [3.63, 3.8) is 0 Å². The molecule has 9 heteroatoms. The number of nitrogens with zero attached hydrogens (tertiary/aromatic N) is 1. The number of anilines is 1. The molecule has 1 N–H and O–H groups in total. The quantitative estimate of drug-likeness (QED) is 0.496. The molecule has 7 nitrogen and oxygen atoms in total. The summed E-state index contributed by atoms with van der Waals surface area (Å²) in [5, 5.41) is 2.91. The Bertz CT molecular complexity index is 864. The van der Waals surface area contributed by atoms with E-state index in [9.17, 15) is 19.2 Å². The lowest BCUT2D eigenvalue weighted by Crippen LogP contribution is -2.35. The van der Waals surface area contributed by atoms with Gasteiger partial charge in [-0.25, -0.2) is 0 Å². The molecule has 3 amide bonds. The number of carbonyl (C=O) groups is 4. The van der Waals surface area contributed by atoms with E-state index in [-0.39, 0.29) is 36.6 Å². The minimum atomic E-state index is -0.636. The lowest BCUT2D eigenvalue weighted by atomic mass is 9.81. The normalized spacial score (nSPS) is 27.3. The van der Waals surface area contributed by atoms with Crippen molar-refractivity contribution in [2.24, 2.45) is 23.7 Å². The van der Waals surface area contributed by atoms with Crippen molar-refractivity contribution >= 4 is 56.9 Å². The first-order valence-corrected chi connectivity index (χ1v) is 10.8. The van der Waals surface area contributed by atoms with Crippen LogP contribution in [0.5, 0.6) is 0 Å². The van der Waals surface area contributed by atoms with E-state index in [1.165, 1.54) is 4.90 Å². The Balaban J connectivity index is 1.24. The number of halogens is 2. The number of hydrogen-bond acceptors (Lipinski definition) is 5. The van der Waals surface area contributed by atoms with Gasteiger partial charge >= 0.3 is 5.97 Å². The van der Waals surface area contributed by atoms with Crippen LogP contribution in [0.2, 0.25) is 5.02 Å². The van der Waals surface area contributed by atoms with Gasteiger partial charge in [0.1, 0.15) is 0 Å². The highest BCUT2D eigenvalue weighted by Crippen LogP contribution is 2.56. The first-order valence-electron chi connectivity index (χ1n) is 9.61. The van der Waals surface area contributed by atoms with Crippen molar-refractivity contribution in [3.05, 3.63) is 27.7 Å². The maximum absolute atomic E-state index is 12.6. The number of fused-ring (bicyclic) bond motifs is 5. The first kappa shape index (κ1) is 20.3. The Morgan fingerprint density at radius 2 is 1.83 bits per heavy atom. The minimum Gasteiger partial charge on any atom is -0.456 e. The molecule has 29 heavy (non-hydrogen) atoms. The van der Waals surface area contributed by atoms with E-state index in [0.29, 0.717) is 22.5 Å². The fraction of sp³-hybridized carbons (Fsp3) is 0.500. The highest BCUT2D eigenvalue weighted by Gasteiger charge is 2.60. The molecule has 1 aromatic rings. The summed E-state index contributed by atoms with van der Waals surface area (Å²) in [4.78, 5) is 50.3. The van der Waals surface area contributed by atoms with Crippen molar-refractivity contribution in [2.75, 3.05) is 18.5 Å². The molecule has 154 valence electrons. The van der Waals surface area contributed by atoms with Gasteiger partial charge in [0.05, 0.1) is 29.0 Å². The zero-order valence-electron chi connectivity index (χ0n) is 15.5. The summed E-state index contributed by atoms with van der Waals surface area (Å²) in [7, 11) is 0. The summed E-state index contributed by atoms with van der Waals surface area (Å²) in [6, 6.07) is 4.98. The number of hydrogen-bond donors (Lipinski definition) is 1. The van der Waals surface area contributed by atoms with Crippen LogP contribution in [0.25, 0.3) is 0 Å². The van der Waals surface area contributed by atoms with Crippen molar-refractivity contribution < 1.29 is 23.9 Å². The number of carbonyl (C=O) groups excluding carboxylic acids is 4. The summed E-state index contributed by atoms with van der Waals surface area (Å²) < 4.78 is 5.74. The van der Waals surface area contributed by atoms with E-state index >= 15 is 0 Å². The van der Waals surface area contributed by atoms with Gasteiger partial charge in [-0.15, -0.1) is 0 Å². The molecule has 3 aliphatic rings. The van der Waals surface area contributed by atoms with Gasteiger partial charge in [0, 0.05) is 11.0 Å². The summed E-state index contributed by atoms with van der Waals surface area (Å²) in [6.07, 6.45) is 2.87. The molecular weight excluding hydrogens is 464 g/mol. The third-order valence-electron chi connectivity index (χ3n) is 6.13. The fourth-order valence-corrected chi connectivity index (χ4v) is 5.61. The number of benzene rings is 1. The monoisotopic (exact) mass is 482 g/mol. The fourth-order valence-electron chi connectivity index (χ4n) is 4.89. The van der Waals surface area contributed by atoms with Gasteiger partial charge in [-0.05, 0) is 49.3 Å². The molecule has 1 aromatic carbocycles. The molecule has 2 saturated carbocycles. The number of nitrogens with one attached hydrogen (secondary N) is 1. The molecular formula is C20H20BrClN2O5. The Hall–Kier alpha value is -1.93. The highest BCUT2D eigenvalue weighted by molar-refractivity contribution is 9.10. The van der Waals surface area contributed by atoms with Gasteiger partial charge < -0.3 is 10.1 Å². The molecule has 2 bridgehead atoms. The smallest absolute Gasteiger partial charge is 0.308 e. The molecule has 0 radical (unpaired) electrons. The molecule has 1 saturated heterocycles. The van der Waals surface area contributed by atoms with E-state index in [4.69, 9.17) is 16.3 Å². The number of amides is 3. The molecule has 3 fully saturated rings. The zero-order chi connectivity index (χ0) is 20.7. The summed E-state index contributed by atoms with van der Waals surface area (Å²) >= 11 is 9.30. The van der Waals surface area contributed by atoms with Crippen molar-refractivity contribution in [1.29, 1.82) is 0 Å². The van der Waals surface area contributed by atoms with Crippen molar-refractivity contribution in [1.82, 2.24) is 4.90 Å². The van der Waals surface area contributed by atoms with Gasteiger partial charge in [0.15, 0.2) is 6.61 Å². The van der Waals surface area contributed by atoms with E-state index in [1.54, 1.807) is 18.2 Å². The molecule has 4 rings (SSSR count). The standard InChI is InChI=1S/C20H20BrClN2O5/c21-12-3-4-14(13(22)8-12)23-15(25)9-29-16(26)5-6-24-19(27)17-10-1-2-11(7-10)18(17)20(24)28/h3-4,8,10-11,17-18H,1-2,5-7,9H2,(H,23,25)/t10-,11-,17+,18+/m0/s1. The van der Waals surface area contributed by atoms with Crippen LogP contribution in [0.3, 0.4) is 0 Å². The number of ether oxygens (including phenoxy) is 1. The number of likely N-dealkylation sites (tertiary alicyclic amines) is 1. The number of esters is 1. The highest BCUT2D eigenvalue weighted by atomic mass is 79.9. The SMILES string of the molecule is O=C(COC(=O)CCN1C(=O)[C@@H]2[C@H]3CC[C@@H](C3)[C@H]2C1=O)Nc1ccc(Br)cc1Cl. The van der Waals surface area contributed by atoms with E-state index < -0.39 is 18.5 Å². The average molecular weight is 484 g/mol. The zero-order valence-corrected chi connectivity index (χ0v) is 17.9. The van der Waals surface area contributed by atoms with Gasteiger partial charge in [0.2, 0.25) is 11.8 Å². The lowest BCUT2D eigenvalue weighted by molar-refractivity contribution is -0.149. The predicted molar refractivity (Wildman–Crippen MR) is 108 cm³/mol. The van der Waals surface area contributed by atoms with Crippen LogP contribution < -0.4 is 5.32 Å². The summed E-state index contributed by atoms with van der Waals surface area (Å²) in [6.45, 7) is -0.467. The molecule has 0 aromatic heterocycles. The van der Waals surface area contributed by atoms with Gasteiger partial charge in [-0.1, -0.05) is 27.5 Å². The van der Waals surface area contributed by atoms with Crippen LogP contribution in [0.15, 0.2) is 22.7 Å². The van der Waals surface area contributed by atoms with Crippen molar-refractivity contribution in [2.45, 2.75) is 25.7 Å². The average Bonchev–Trinajstić information content (AvgIpc) is 3.35. The molecule has 1 aliphatic heterocycles. The van der Waals surface area contributed by atoms with Crippen LogP contribution in [0.1, 0.15) is 25.7 Å². The largest absolute Gasteiger partial charge is 0.456 e. The van der Waals surface area contributed by atoms with E-state index in [2.05, 4.69) is 21.2 Å². The Labute approximate surface area is 181 Å². The Morgan fingerprint density at radius 1 is 1.17 bits per heavy atom. The third-order valence-corrected chi connectivity index (χ3v) is 6.93. The number of imide groups is 1. The second kappa shape index (κ2) is 8.07. The topological polar surface area (TPSA) is 92.8 Å². The molecule has 2 aliphatic carbocycles. The van der Waals surface area contributed by atoms with Crippen LogP contribution in [-0.2, 0) is 23.9 Å². The van der Waals surface area contributed by atoms with Gasteiger partial charge in [-0.2, -0.15) is 0 Å². The van der Waals surface area contributed by atoms with Gasteiger partial charge in [-0.3, -0.25) is 24.1 Å². The second-order valence-corrected chi connectivity index (χ2v) is 9.12. The maximum atomic E-state index is 12.6. The van der Waals surface area contributed by atoms with Crippen LogP contribution >= 0.6 is 27.5 Å².